The summed E-state index contributed by atoms with van der Waals surface area (Å²) in [6.07, 6.45) is 0.123. The zero-order valence-corrected chi connectivity index (χ0v) is 12.2. The molecule has 0 radical (unpaired) electrons. The van der Waals surface area contributed by atoms with E-state index in [2.05, 4.69) is 20.8 Å². The lowest BCUT2D eigenvalue weighted by atomic mass is 9.81. The Hall–Kier alpha value is -1.67. The molecule has 0 spiro atoms. The molecule has 106 valence electrons. The predicted octanol–water partition coefficient (Wildman–Crippen LogP) is 4.60. The second kappa shape index (κ2) is 5.76. The lowest BCUT2D eigenvalue weighted by Crippen LogP contribution is -2.15. The molecule has 0 aliphatic carbocycles. The largest absolute Gasteiger partial charge is 0.384 e. The smallest absolute Gasteiger partial charge is 0.129 e. The molecule has 0 aliphatic rings. The maximum atomic E-state index is 13.7. The van der Waals surface area contributed by atoms with Crippen LogP contribution in [0.15, 0.2) is 48.5 Å². The average molecular weight is 272 g/mol. The van der Waals surface area contributed by atoms with Gasteiger partial charge in [-0.05, 0) is 29.0 Å². The van der Waals surface area contributed by atoms with Gasteiger partial charge in [0.1, 0.15) is 11.9 Å². The van der Waals surface area contributed by atoms with E-state index < -0.39 is 6.10 Å². The minimum atomic E-state index is -0.921. The van der Waals surface area contributed by atoms with Crippen molar-refractivity contribution in [3.8, 4) is 0 Å². The van der Waals surface area contributed by atoms with Gasteiger partial charge in [0.15, 0.2) is 0 Å². The minimum Gasteiger partial charge on any atom is -0.384 e. The highest BCUT2D eigenvalue weighted by Crippen LogP contribution is 2.29. The molecule has 2 heteroatoms. The zero-order chi connectivity index (χ0) is 14.8. The topological polar surface area (TPSA) is 20.2 Å². The van der Waals surface area contributed by atoms with Crippen molar-refractivity contribution in [2.75, 3.05) is 0 Å². The molecule has 0 heterocycles. The van der Waals surface area contributed by atoms with Gasteiger partial charge in [-0.1, -0.05) is 63.2 Å². The first-order valence-corrected chi connectivity index (χ1v) is 6.98. The molecular weight excluding hydrogens is 251 g/mol. The third-order valence-electron chi connectivity index (χ3n) is 4.09. The summed E-state index contributed by atoms with van der Waals surface area (Å²) >= 11 is 0. The lowest BCUT2D eigenvalue weighted by molar-refractivity contribution is 0.215. The van der Waals surface area contributed by atoms with Crippen molar-refractivity contribution in [3.05, 3.63) is 71.0 Å². The van der Waals surface area contributed by atoms with Crippen molar-refractivity contribution in [1.82, 2.24) is 0 Å². The van der Waals surface area contributed by atoms with Crippen LogP contribution in [0, 0.1) is 5.82 Å². The molecule has 1 nitrogen and oxygen atoms in total. The first kappa shape index (κ1) is 14.7. The van der Waals surface area contributed by atoms with E-state index in [1.165, 1.54) is 11.6 Å². The van der Waals surface area contributed by atoms with Crippen LogP contribution in [-0.2, 0) is 5.41 Å². The summed E-state index contributed by atoms with van der Waals surface area (Å²) in [7, 11) is 0. The maximum absolute atomic E-state index is 13.7. The van der Waals surface area contributed by atoms with Crippen molar-refractivity contribution in [2.24, 2.45) is 0 Å². The standard InChI is InChI=1S/C18H21FO/c1-4-18(2,3)14-11-9-13(10-12-14)17(20)15-7-5-6-8-16(15)19/h5-12,17,20H,4H2,1-3H3. The molecule has 1 unspecified atom stereocenters. The van der Waals surface area contributed by atoms with Gasteiger partial charge < -0.3 is 5.11 Å². The van der Waals surface area contributed by atoms with Gasteiger partial charge in [-0.3, -0.25) is 0 Å². The third kappa shape index (κ3) is 2.91. The molecule has 2 aromatic carbocycles. The Kier molecular flexibility index (Phi) is 4.24. The van der Waals surface area contributed by atoms with E-state index in [-0.39, 0.29) is 11.2 Å². The first-order valence-electron chi connectivity index (χ1n) is 6.98. The number of halogens is 1. The van der Waals surface area contributed by atoms with Crippen LogP contribution in [0.4, 0.5) is 4.39 Å². The van der Waals surface area contributed by atoms with Crippen molar-refractivity contribution >= 4 is 0 Å². The highest BCUT2D eigenvalue weighted by molar-refractivity contribution is 5.34. The summed E-state index contributed by atoms with van der Waals surface area (Å²) in [5, 5.41) is 10.3. The van der Waals surface area contributed by atoms with E-state index in [1.807, 2.05) is 24.3 Å². The molecule has 0 fully saturated rings. The van der Waals surface area contributed by atoms with Crippen molar-refractivity contribution < 1.29 is 9.50 Å². The number of rotatable bonds is 4. The Morgan fingerprint density at radius 2 is 1.65 bits per heavy atom. The fourth-order valence-corrected chi connectivity index (χ4v) is 2.20. The Morgan fingerprint density at radius 3 is 2.20 bits per heavy atom. The van der Waals surface area contributed by atoms with E-state index in [4.69, 9.17) is 0 Å². The van der Waals surface area contributed by atoms with Crippen LogP contribution in [0.5, 0.6) is 0 Å². The average Bonchev–Trinajstić information content (AvgIpc) is 2.47. The minimum absolute atomic E-state index is 0.113. The fourth-order valence-electron chi connectivity index (χ4n) is 2.20. The number of hydrogen-bond acceptors (Lipinski definition) is 1. The lowest BCUT2D eigenvalue weighted by Gasteiger charge is -2.24. The highest BCUT2D eigenvalue weighted by Gasteiger charge is 2.19. The van der Waals surface area contributed by atoms with Crippen LogP contribution in [0.2, 0.25) is 0 Å². The summed E-state index contributed by atoms with van der Waals surface area (Å²) < 4.78 is 13.7. The molecule has 0 bridgehead atoms. The fraction of sp³-hybridized carbons (Fsp3) is 0.333. The van der Waals surface area contributed by atoms with E-state index in [1.54, 1.807) is 18.2 Å². The summed E-state index contributed by atoms with van der Waals surface area (Å²) in [5.74, 6) is -0.377. The summed E-state index contributed by atoms with van der Waals surface area (Å²) in [5.41, 5.74) is 2.37. The Morgan fingerprint density at radius 1 is 1.05 bits per heavy atom. The van der Waals surface area contributed by atoms with E-state index >= 15 is 0 Å². The molecule has 2 aromatic rings. The molecule has 1 N–H and O–H groups in total. The van der Waals surface area contributed by atoms with Gasteiger partial charge in [-0.25, -0.2) is 4.39 Å². The quantitative estimate of drug-likeness (QED) is 0.862. The number of aliphatic hydroxyl groups is 1. The van der Waals surface area contributed by atoms with Gasteiger partial charge in [0.2, 0.25) is 0 Å². The van der Waals surface area contributed by atoms with E-state index in [0.717, 1.165) is 6.42 Å². The Balaban J connectivity index is 2.29. The van der Waals surface area contributed by atoms with Crippen LogP contribution in [0.1, 0.15) is 50.0 Å². The van der Waals surface area contributed by atoms with Crippen LogP contribution in [0.25, 0.3) is 0 Å². The summed E-state index contributed by atoms with van der Waals surface area (Å²) in [4.78, 5) is 0. The Bertz CT molecular complexity index is 572. The van der Waals surface area contributed by atoms with Gasteiger partial charge >= 0.3 is 0 Å². The number of hydrogen-bond donors (Lipinski definition) is 1. The molecule has 0 aliphatic heterocycles. The predicted molar refractivity (Wildman–Crippen MR) is 80.2 cm³/mol. The molecule has 0 saturated carbocycles. The normalized spacial score (nSPS) is 13.2. The van der Waals surface area contributed by atoms with Crippen LogP contribution < -0.4 is 0 Å². The molecular formula is C18H21FO. The number of aliphatic hydroxyl groups excluding tert-OH is 1. The third-order valence-corrected chi connectivity index (χ3v) is 4.09. The van der Waals surface area contributed by atoms with Gasteiger partial charge in [-0.15, -0.1) is 0 Å². The molecule has 0 saturated heterocycles. The molecule has 2 rings (SSSR count). The molecule has 20 heavy (non-hydrogen) atoms. The molecule has 0 amide bonds. The van der Waals surface area contributed by atoms with Crippen molar-refractivity contribution in [2.45, 2.75) is 38.7 Å². The maximum Gasteiger partial charge on any atom is 0.129 e. The first-order chi connectivity index (χ1) is 9.45. The molecule has 1 atom stereocenters. The van der Waals surface area contributed by atoms with Crippen molar-refractivity contribution in [3.63, 3.8) is 0 Å². The summed E-state index contributed by atoms with van der Waals surface area (Å²) in [6.45, 7) is 6.53. The second-order valence-electron chi connectivity index (χ2n) is 5.78. The van der Waals surface area contributed by atoms with Gasteiger partial charge in [0.05, 0.1) is 0 Å². The van der Waals surface area contributed by atoms with E-state index in [9.17, 15) is 9.50 Å². The van der Waals surface area contributed by atoms with Crippen molar-refractivity contribution in [1.29, 1.82) is 0 Å². The van der Waals surface area contributed by atoms with Gasteiger partial charge in [0, 0.05) is 5.56 Å². The zero-order valence-electron chi connectivity index (χ0n) is 12.2. The van der Waals surface area contributed by atoms with Gasteiger partial charge in [0.25, 0.3) is 0 Å². The van der Waals surface area contributed by atoms with E-state index in [0.29, 0.717) is 11.1 Å². The Labute approximate surface area is 120 Å². The van der Waals surface area contributed by atoms with Gasteiger partial charge in [-0.2, -0.15) is 0 Å². The van der Waals surface area contributed by atoms with Crippen LogP contribution in [0.3, 0.4) is 0 Å². The SMILES string of the molecule is CCC(C)(C)c1ccc(C(O)c2ccccc2F)cc1. The van der Waals surface area contributed by atoms with Crippen LogP contribution >= 0.6 is 0 Å². The van der Waals surface area contributed by atoms with Crippen LogP contribution in [-0.4, -0.2) is 5.11 Å². The second-order valence-corrected chi connectivity index (χ2v) is 5.78. The highest BCUT2D eigenvalue weighted by atomic mass is 19.1. The monoisotopic (exact) mass is 272 g/mol. The molecule has 0 aromatic heterocycles. The summed E-state index contributed by atoms with van der Waals surface area (Å²) in [6, 6.07) is 14.1. The number of benzene rings is 2.